The number of aliphatic carboxylic acids is 2. The molecule has 2 aromatic rings. The molecular weight excluding hydrogens is 534 g/mol. The average molecular weight is 556 g/mol. The Balaban J connectivity index is 1.90. The van der Waals surface area contributed by atoms with Crippen LogP contribution >= 0.6 is 0 Å². The van der Waals surface area contributed by atoms with E-state index in [1.165, 1.54) is 24.3 Å². The Kier molecular flexibility index (Phi) is 8.18. The quantitative estimate of drug-likeness (QED) is 0.273. The summed E-state index contributed by atoms with van der Waals surface area (Å²) in [6.07, 6.45) is -0.307. The Bertz CT molecular complexity index is 1210. The summed E-state index contributed by atoms with van der Waals surface area (Å²) in [6.45, 7) is 7.40. The fourth-order valence-corrected chi connectivity index (χ4v) is 3.55. The highest BCUT2D eigenvalue weighted by molar-refractivity contribution is 5.73. The fraction of sp³-hybridized carbons (Fsp3) is 0.259. The highest BCUT2D eigenvalue weighted by atomic mass is 19.3. The largest absolute Gasteiger partial charge is 0.481 e. The van der Waals surface area contributed by atoms with Crippen LogP contribution in [0.15, 0.2) is 73.2 Å². The zero-order chi connectivity index (χ0) is 29.2. The lowest BCUT2D eigenvalue weighted by Crippen LogP contribution is -2.50. The lowest BCUT2D eigenvalue weighted by Gasteiger charge is -2.24. The van der Waals surface area contributed by atoms with Gasteiger partial charge in [0, 0.05) is 12.8 Å². The lowest BCUT2D eigenvalue weighted by molar-refractivity contribution is -0.273. The molecule has 3 rings (SSSR count). The molecule has 1 aliphatic carbocycles. The van der Waals surface area contributed by atoms with E-state index in [1.807, 2.05) is 0 Å². The third-order valence-corrected chi connectivity index (χ3v) is 5.81. The molecule has 0 fully saturated rings. The monoisotopic (exact) mass is 556 g/mol. The van der Waals surface area contributed by atoms with Crippen LogP contribution in [0.2, 0.25) is 0 Å². The van der Waals surface area contributed by atoms with Crippen LogP contribution in [0.3, 0.4) is 0 Å². The maximum absolute atomic E-state index is 14.6. The van der Waals surface area contributed by atoms with Crippen molar-refractivity contribution in [3.63, 3.8) is 0 Å². The number of ether oxygens (including phenoxy) is 2. The second-order valence-corrected chi connectivity index (χ2v) is 8.63. The topological polar surface area (TPSA) is 93.1 Å². The Hall–Kier alpha value is -4.22. The molecule has 39 heavy (non-hydrogen) atoms. The number of carbonyl (C=O) groups is 2. The first kappa shape index (κ1) is 29.3. The van der Waals surface area contributed by atoms with Gasteiger partial charge in [-0.2, -0.15) is 26.3 Å². The van der Waals surface area contributed by atoms with E-state index in [0.29, 0.717) is 22.3 Å². The van der Waals surface area contributed by atoms with Crippen LogP contribution < -0.4 is 9.47 Å². The zero-order valence-electron chi connectivity index (χ0n) is 20.2. The predicted octanol–water partition coefficient (Wildman–Crippen LogP) is 7.03. The first-order valence-corrected chi connectivity index (χ1v) is 11.3. The summed E-state index contributed by atoms with van der Waals surface area (Å²) in [4.78, 5) is 21.4. The highest BCUT2D eigenvalue weighted by Crippen LogP contribution is 2.59. The minimum Gasteiger partial charge on any atom is -0.481 e. The summed E-state index contributed by atoms with van der Waals surface area (Å²) in [5.41, 5.74) is 1.55. The minimum absolute atomic E-state index is 0.0703. The Labute approximate surface area is 218 Å². The van der Waals surface area contributed by atoms with Crippen LogP contribution in [0, 0.1) is 0 Å². The fourth-order valence-electron chi connectivity index (χ4n) is 3.55. The summed E-state index contributed by atoms with van der Waals surface area (Å²) in [5.74, 6) is -24.0. The van der Waals surface area contributed by atoms with E-state index in [4.69, 9.17) is 19.7 Å². The zero-order valence-corrected chi connectivity index (χ0v) is 20.2. The molecule has 0 amide bonds. The molecular formula is C27H22F6O6. The molecule has 0 unspecified atom stereocenters. The molecule has 0 bridgehead atoms. The van der Waals surface area contributed by atoms with Crippen molar-refractivity contribution in [1.29, 1.82) is 0 Å². The number of hydrogen-bond acceptors (Lipinski definition) is 4. The smallest absolute Gasteiger partial charge is 0.387 e. The standard InChI is InChI=1S/C27H22F6O6/c1-15(3-13-21(34)35)17-5-9-19(10-6-17)38-23-24(26(30,31)27(32,33)25(23,28)29)39-20-11-7-18(8-12-20)16(2)4-14-22(36)37/h5-12H,1-4,13-14H2,(H,34,35)(H,36,37). The van der Waals surface area contributed by atoms with E-state index >= 15 is 0 Å². The Morgan fingerprint density at radius 1 is 0.615 bits per heavy atom. The lowest BCUT2D eigenvalue weighted by atomic mass is 10.0. The molecule has 2 N–H and O–H groups in total. The second kappa shape index (κ2) is 10.9. The number of hydrogen-bond donors (Lipinski definition) is 2. The van der Waals surface area contributed by atoms with Crippen LogP contribution in [0.1, 0.15) is 36.8 Å². The summed E-state index contributed by atoms with van der Waals surface area (Å²) in [6, 6.07) is 9.31. The first-order valence-electron chi connectivity index (χ1n) is 11.3. The normalized spacial score (nSPS) is 17.0. The van der Waals surface area contributed by atoms with Gasteiger partial charge in [0.15, 0.2) is 0 Å². The van der Waals surface area contributed by atoms with Crippen LogP contribution in [0.25, 0.3) is 11.1 Å². The molecule has 1 aliphatic rings. The van der Waals surface area contributed by atoms with Crippen molar-refractivity contribution in [2.24, 2.45) is 0 Å². The molecule has 0 saturated heterocycles. The van der Waals surface area contributed by atoms with E-state index in [0.717, 1.165) is 24.3 Å². The molecule has 0 spiro atoms. The molecule has 2 aromatic carbocycles. The SMILES string of the molecule is C=C(CCC(=O)O)c1ccc(OC2=C(Oc3ccc(C(=C)CCC(=O)O)cc3)C(F)(F)C(F)(F)C2(F)F)cc1. The van der Waals surface area contributed by atoms with Crippen LogP contribution in [0.4, 0.5) is 26.3 Å². The van der Waals surface area contributed by atoms with E-state index in [2.05, 4.69) is 13.2 Å². The number of alkyl halides is 6. The maximum atomic E-state index is 14.6. The van der Waals surface area contributed by atoms with Crippen LogP contribution in [-0.2, 0) is 9.59 Å². The highest BCUT2D eigenvalue weighted by Gasteiger charge is 2.83. The van der Waals surface area contributed by atoms with Gasteiger partial charge < -0.3 is 19.7 Å². The van der Waals surface area contributed by atoms with Crippen molar-refractivity contribution in [1.82, 2.24) is 0 Å². The number of carboxylic acids is 2. The molecule has 0 atom stereocenters. The maximum Gasteiger partial charge on any atom is 0.387 e. The van der Waals surface area contributed by atoms with E-state index < -0.39 is 52.7 Å². The molecule has 12 heteroatoms. The van der Waals surface area contributed by atoms with Gasteiger partial charge in [-0.15, -0.1) is 0 Å². The summed E-state index contributed by atoms with van der Waals surface area (Å²) in [5, 5.41) is 17.5. The Morgan fingerprint density at radius 3 is 1.21 bits per heavy atom. The predicted molar refractivity (Wildman–Crippen MR) is 128 cm³/mol. The molecule has 6 nitrogen and oxygen atoms in total. The van der Waals surface area contributed by atoms with Gasteiger partial charge in [0.05, 0.1) is 0 Å². The minimum atomic E-state index is -5.87. The molecule has 0 radical (unpaired) electrons. The first-order chi connectivity index (χ1) is 18.1. The van der Waals surface area contributed by atoms with E-state index in [1.54, 1.807) is 0 Å². The second-order valence-electron chi connectivity index (χ2n) is 8.63. The van der Waals surface area contributed by atoms with Crippen molar-refractivity contribution in [3.8, 4) is 11.5 Å². The third-order valence-electron chi connectivity index (χ3n) is 5.81. The molecule has 0 aromatic heterocycles. The number of rotatable bonds is 12. The number of benzene rings is 2. The summed E-state index contributed by atoms with van der Waals surface area (Å²) >= 11 is 0. The van der Waals surface area contributed by atoms with Crippen LogP contribution in [0.5, 0.6) is 11.5 Å². The average Bonchev–Trinajstić information content (AvgIpc) is 2.96. The third kappa shape index (κ3) is 5.94. The molecule has 0 heterocycles. The Morgan fingerprint density at radius 2 is 0.923 bits per heavy atom. The van der Waals surface area contributed by atoms with Gasteiger partial charge in [-0.25, -0.2) is 0 Å². The van der Waals surface area contributed by atoms with E-state index in [-0.39, 0.29) is 25.7 Å². The van der Waals surface area contributed by atoms with Gasteiger partial charge in [0.2, 0.25) is 11.5 Å². The molecule has 0 saturated carbocycles. The van der Waals surface area contributed by atoms with Crippen molar-refractivity contribution in [3.05, 3.63) is 84.3 Å². The van der Waals surface area contributed by atoms with Crippen molar-refractivity contribution < 1.29 is 55.6 Å². The molecule has 208 valence electrons. The van der Waals surface area contributed by atoms with Crippen molar-refractivity contribution in [2.45, 2.75) is 43.5 Å². The number of carboxylic acid groups (broad SMARTS) is 2. The summed E-state index contributed by atoms with van der Waals surface area (Å²) < 4.78 is 96.6. The van der Waals surface area contributed by atoms with Crippen LogP contribution in [-0.4, -0.2) is 39.9 Å². The van der Waals surface area contributed by atoms with E-state index in [9.17, 15) is 35.9 Å². The van der Waals surface area contributed by atoms with Gasteiger partial charge in [0.1, 0.15) is 11.5 Å². The van der Waals surface area contributed by atoms with Gasteiger partial charge in [0.25, 0.3) is 0 Å². The van der Waals surface area contributed by atoms with Gasteiger partial charge >= 0.3 is 29.7 Å². The van der Waals surface area contributed by atoms with Gasteiger partial charge in [-0.05, 0) is 59.4 Å². The van der Waals surface area contributed by atoms with Crippen molar-refractivity contribution >= 4 is 23.1 Å². The molecule has 0 aliphatic heterocycles. The van der Waals surface area contributed by atoms with Gasteiger partial charge in [-0.1, -0.05) is 37.4 Å². The van der Waals surface area contributed by atoms with Gasteiger partial charge in [-0.3, -0.25) is 9.59 Å². The number of allylic oxidation sites excluding steroid dienone is 4. The van der Waals surface area contributed by atoms with Crippen molar-refractivity contribution in [2.75, 3.05) is 0 Å². The number of halogens is 6. The summed E-state index contributed by atoms with van der Waals surface area (Å²) in [7, 11) is 0.